The van der Waals surface area contributed by atoms with E-state index in [4.69, 9.17) is 14.2 Å². The normalized spacial score (nSPS) is 40.8. The van der Waals surface area contributed by atoms with Crippen molar-refractivity contribution in [2.45, 2.75) is 76.0 Å². The molecule has 31 heavy (non-hydrogen) atoms. The van der Waals surface area contributed by atoms with Crippen molar-refractivity contribution in [2.75, 3.05) is 19.8 Å². The van der Waals surface area contributed by atoms with Gasteiger partial charge in [0.15, 0.2) is 6.29 Å². The highest BCUT2D eigenvalue weighted by atomic mass is 16.7. The molecule has 0 aromatic rings. The zero-order valence-corrected chi connectivity index (χ0v) is 18.3. The lowest BCUT2D eigenvalue weighted by Crippen LogP contribution is -2.59. The predicted octanol–water partition coefficient (Wildman–Crippen LogP) is -1.30. The van der Waals surface area contributed by atoms with Gasteiger partial charge in [-0.05, 0) is 24.8 Å². The van der Waals surface area contributed by atoms with Gasteiger partial charge in [0.2, 0.25) is 0 Å². The number of aliphatic hydroxyl groups excluding tert-OH is 5. The van der Waals surface area contributed by atoms with E-state index in [2.05, 4.69) is 6.58 Å². The number of aliphatic hydroxyl groups is 6. The van der Waals surface area contributed by atoms with Crippen LogP contribution in [0.2, 0.25) is 0 Å². The third-order valence-electron chi connectivity index (χ3n) is 6.17. The van der Waals surface area contributed by atoms with Gasteiger partial charge in [-0.25, -0.2) is 0 Å². The highest BCUT2D eigenvalue weighted by Gasteiger charge is 2.52. The zero-order valence-electron chi connectivity index (χ0n) is 18.3. The molecule has 0 radical (unpaired) electrons. The van der Waals surface area contributed by atoms with Crippen molar-refractivity contribution in [1.29, 1.82) is 0 Å². The first-order valence-corrected chi connectivity index (χ1v) is 10.6. The molecule has 2 fully saturated rings. The fraction of sp³-hybridized carbons (Fsp3) is 0.857. The fourth-order valence-electron chi connectivity index (χ4n) is 4.04. The van der Waals surface area contributed by atoms with E-state index in [1.165, 1.54) is 6.92 Å². The van der Waals surface area contributed by atoms with Crippen molar-refractivity contribution in [2.24, 2.45) is 17.8 Å². The van der Waals surface area contributed by atoms with Crippen molar-refractivity contribution in [3.8, 4) is 0 Å². The molecule has 0 amide bonds. The smallest absolute Gasteiger partial charge is 0.306 e. The summed E-state index contributed by atoms with van der Waals surface area (Å²) >= 11 is 0. The van der Waals surface area contributed by atoms with Gasteiger partial charge >= 0.3 is 5.97 Å². The van der Waals surface area contributed by atoms with Crippen LogP contribution in [0, 0.1) is 17.8 Å². The number of carbonyl (C=O) groups excluding carboxylic acids is 1. The molecule has 0 bridgehead atoms. The van der Waals surface area contributed by atoms with Crippen LogP contribution in [0.4, 0.5) is 0 Å². The molecule has 1 aliphatic carbocycles. The van der Waals surface area contributed by atoms with E-state index in [1.54, 1.807) is 0 Å². The van der Waals surface area contributed by atoms with Crippen LogP contribution in [0.1, 0.15) is 33.6 Å². The Morgan fingerprint density at radius 3 is 2.42 bits per heavy atom. The highest BCUT2D eigenvalue weighted by Crippen LogP contribution is 2.43. The number of carbonyl (C=O) groups is 1. The number of hydrogen-bond donors (Lipinski definition) is 6. The Hall–Kier alpha value is -1.11. The number of ether oxygens (including phenoxy) is 3. The van der Waals surface area contributed by atoms with Gasteiger partial charge in [-0.15, -0.1) is 0 Å². The maximum Gasteiger partial charge on any atom is 0.306 e. The van der Waals surface area contributed by atoms with Crippen LogP contribution in [0.15, 0.2) is 12.2 Å². The maximum absolute atomic E-state index is 11.8. The quantitative estimate of drug-likeness (QED) is 0.184. The van der Waals surface area contributed by atoms with Crippen LogP contribution >= 0.6 is 0 Å². The molecule has 6 N–H and O–H groups in total. The van der Waals surface area contributed by atoms with Crippen LogP contribution < -0.4 is 0 Å². The fourth-order valence-corrected chi connectivity index (χ4v) is 4.04. The molecule has 2 rings (SSSR count). The van der Waals surface area contributed by atoms with Gasteiger partial charge in [0, 0.05) is 18.3 Å². The van der Waals surface area contributed by atoms with Gasteiger partial charge in [0.05, 0.1) is 31.5 Å². The molecular formula is C21H36O10. The van der Waals surface area contributed by atoms with E-state index in [0.29, 0.717) is 12.0 Å². The molecular weight excluding hydrogens is 412 g/mol. The van der Waals surface area contributed by atoms with Crippen LogP contribution in [0.3, 0.4) is 0 Å². The van der Waals surface area contributed by atoms with Gasteiger partial charge < -0.3 is 44.8 Å². The SMILES string of the molecule is C=C(CO[C@@H]1O[C@H](CO)[C@@H](O)[C@H](O)[C@H]1O)[C@@H]1C[C@H](COC(=O)CC(C)C)[C@](C)(O)[C@H]1O. The van der Waals surface area contributed by atoms with Crippen molar-refractivity contribution in [3.63, 3.8) is 0 Å². The Morgan fingerprint density at radius 1 is 1.19 bits per heavy atom. The number of esters is 1. The van der Waals surface area contributed by atoms with Crippen molar-refractivity contribution >= 4 is 5.97 Å². The topological polar surface area (TPSA) is 166 Å². The second-order valence-electron chi connectivity index (χ2n) is 9.16. The van der Waals surface area contributed by atoms with Crippen molar-refractivity contribution in [1.82, 2.24) is 0 Å². The van der Waals surface area contributed by atoms with E-state index >= 15 is 0 Å². The first-order chi connectivity index (χ1) is 14.4. The molecule has 10 heteroatoms. The zero-order chi connectivity index (χ0) is 23.5. The molecule has 10 nitrogen and oxygen atoms in total. The number of hydrogen-bond acceptors (Lipinski definition) is 10. The average molecular weight is 449 g/mol. The molecule has 1 saturated heterocycles. The van der Waals surface area contributed by atoms with Gasteiger partial charge in [-0.3, -0.25) is 4.79 Å². The molecule has 0 aromatic carbocycles. The van der Waals surface area contributed by atoms with Crippen LogP contribution in [0.5, 0.6) is 0 Å². The van der Waals surface area contributed by atoms with E-state index < -0.39 is 60.9 Å². The predicted molar refractivity (Wildman–Crippen MR) is 108 cm³/mol. The first kappa shape index (κ1) is 26.1. The van der Waals surface area contributed by atoms with E-state index in [0.717, 1.165) is 0 Å². The Balaban J connectivity index is 1.93. The van der Waals surface area contributed by atoms with E-state index in [-0.39, 0.29) is 31.5 Å². The van der Waals surface area contributed by atoms with E-state index in [1.807, 2.05) is 13.8 Å². The van der Waals surface area contributed by atoms with Gasteiger partial charge in [-0.2, -0.15) is 0 Å². The summed E-state index contributed by atoms with van der Waals surface area (Å²) in [5.41, 5.74) is -1.09. The summed E-state index contributed by atoms with van der Waals surface area (Å²) in [6, 6.07) is 0. The molecule has 2 aliphatic rings. The molecule has 180 valence electrons. The molecule has 1 heterocycles. The second kappa shape index (κ2) is 10.7. The van der Waals surface area contributed by atoms with Crippen LogP contribution in [-0.4, -0.2) is 98.8 Å². The molecule has 0 unspecified atom stereocenters. The van der Waals surface area contributed by atoms with Gasteiger partial charge in [0.25, 0.3) is 0 Å². The third kappa shape index (κ3) is 6.02. The summed E-state index contributed by atoms with van der Waals surface area (Å²) in [4.78, 5) is 11.8. The lowest BCUT2D eigenvalue weighted by molar-refractivity contribution is -0.299. The summed E-state index contributed by atoms with van der Waals surface area (Å²) in [6.07, 6.45) is -7.62. The molecule has 0 spiro atoms. The largest absolute Gasteiger partial charge is 0.465 e. The second-order valence-corrected chi connectivity index (χ2v) is 9.16. The van der Waals surface area contributed by atoms with Crippen molar-refractivity contribution in [3.05, 3.63) is 12.2 Å². The highest BCUT2D eigenvalue weighted by molar-refractivity contribution is 5.69. The molecule has 1 saturated carbocycles. The first-order valence-electron chi connectivity index (χ1n) is 10.6. The molecule has 9 atom stereocenters. The summed E-state index contributed by atoms with van der Waals surface area (Å²) < 4.78 is 16.0. The average Bonchev–Trinajstić information content (AvgIpc) is 2.92. The monoisotopic (exact) mass is 448 g/mol. The van der Waals surface area contributed by atoms with Crippen LogP contribution in [-0.2, 0) is 19.0 Å². The minimum Gasteiger partial charge on any atom is -0.465 e. The molecule has 1 aliphatic heterocycles. The summed E-state index contributed by atoms with van der Waals surface area (Å²) in [5.74, 6) is -1.29. The standard InChI is InChI=1S/C21H36O10/c1-10(2)5-15(23)29-9-12-6-13(19(27)21(12,4)28)11(3)8-30-20-18(26)17(25)16(24)14(7-22)31-20/h10,12-14,16-20,22,24-28H,3,5-9H2,1-2,4H3/t12-,13+,14-,16-,17+,18-,19+,20-,21+/m1/s1. The summed E-state index contributed by atoms with van der Waals surface area (Å²) in [7, 11) is 0. The Kier molecular flexibility index (Phi) is 9.00. The van der Waals surface area contributed by atoms with Gasteiger partial charge in [0.1, 0.15) is 24.4 Å². The summed E-state index contributed by atoms with van der Waals surface area (Å²) in [6.45, 7) is 8.39. The number of rotatable bonds is 9. The lowest BCUT2D eigenvalue weighted by Gasteiger charge is -2.39. The van der Waals surface area contributed by atoms with E-state index in [9.17, 15) is 35.4 Å². The Bertz CT molecular complexity index is 619. The third-order valence-corrected chi connectivity index (χ3v) is 6.17. The Labute approximate surface area is 182 Å². The van der Waals surface area contributed by atoms with Crippen LogP contribution in [0.25, 0.3) is 0 Å². The minimum atomic E-state index is -1.56. The summed E-state index contributed by atoms with van der Waals surface area (Å²) in [5, 5.41) is 60.3. The lowest BCUT2D eigenvalue weighted by atomic mass is 9.91. The maximum atomic E-state index is 11.8. The van der Waals surface area contributed by atoms with Crippen molar-refractivity contribution < 1.29 is 49.6 Å². The minimum absolute atomic E-state index is 0.0348. The molecule has 0 aromatic heterocycles. The van der Waals surface area contributed by atoms with Gasteiger partial charge in [-0.1, -0.05) is 20.4 Å². The Morgan fingerprint density at radius 2 is 1.84 bits per heavy atom.